The Morgan fingerprint density at radius 3 is 2.33 bits per heavy atom. The van der Waals surface area contributed by atoms with E-state index in [0.29, 0.717) is 4.82 Å². The number of alkyl halides is 2. The van der Waals surface area contributed by atoms with Crippen LogP contribution in [0.1, 0.15) is 6.42 Å². The van der Waals surface area contributed by atoms with Crippen molar-refractivity contribution in [2.24, 2.45) is 0 Å². The number of nitro groups is 1. The second-order valence-electron chi connectivity index (χ2n) is 3.32. The van der Waals surface area contributed by atoms with Gasteiger partial charge >= 0.3 is 103 Å². The average Bonchev–Trinajstić information content (AvgIpc) is 2.74. The monoisotopic (exact) mass is 311 g/mol. The molecule has 0 N–H and O–H groups in total. The summed E-state index contributed by atoms with van der Waals surface area (Å²) in [6.45, 7) is 0. The number of rotatable bonds is 3. The molecule has 1 aliphatic carbocycles. The standard InChI is InChI=1S/C9H7Cl2NO2Se/c10-9(11)5-8(9)15-7-3-1-6(2-4-7)12(13)14/h1-4,8H,5H2. The zero-order chi connectivity index (χ0) is 11.1. The number of halogens is 2. The third kappa shape index (κ3) is 2.64. The van der Waals surface area contributed by atoms with Crippen LogP contribution in [0.5, 0.6) is 0 Å². The topological polar surface area (TPSA) is 43.1 Å². The van der Waals surface area contributed by atoms with Crippen LogP contribution in [-0.4, -0.2) is 24.2 Å². The number of non-ortho nitro benzene ring substituents is 1. The molecule has 0 heterocycles. The number of nitro benzene ring substituents is 1. The van der Waals surface area contributed by atoms with Gasteiger partial charge in [-0.1, -0.05) is 0 Å². The Hall–Kier alpha value is -0.281. The first-order valence-electron chi connectivity index (χ1n) is 4.28. The van der Waals surface area contributed by atoms with E-state index in [1.54, 1.807) is 12.1 Å². The summed E-state index contributed by atoms with van der Waals surface area (Å²) in [4.78, 5) is 10.4. The van der Waals surface area contributed by atoms with Crippen LogP contribution in [0.2, 0.25) is 4.82 Å². The molecule has 1 aliphatic rings. The molecule has 3 nitrogen and oxygen atoms in total. The van der Waals surface area contributed by atoms with Gasteiger partial charge in [0.25, 0.3) is 0 Å². The van der Waals surface area contributed by atoms with Gasteiger partial charge in [-0.15, -0.1) is 0 Å². The molecular formula is C9H7Cl2NO2Se. The van der Waals surface area contributed by atoms with Crippen LogP contribution in [-0.2, 0) is 0 Å². The van der Waals surface area contributed by atoms with Crippen molar-refractivity contribution in [2.75, 3.05) is 0 Å². The minimum atomic E-state index is -0.554. The van der Waals surface area contributed by atoms with Crippen molar-refractivity contribution >= 4 is 48.3 Å². The van der Waals surface area contributed by atoms with Gasteiger partial charge in [0.05, 0.1) is 0 Å². The molecule has 0 amide bonds. The number of hydrogen-bond acceptors (Lipinski definition) is 2. The summed E-state index contributed by atoms with van der Waals surface area (Å²) in [6.07, 6.45) is 0.826. The first kappa shape index (κ1) is 11.2. The van der Waals surface area contributed by atoms with Gasteiger partial charge < -0.3 is 0 Å². The van der Waals surface area contributed by atoms with Crippen molar-refractivity contribution in [3.63, 3.8) is 0 Å². The summed E-state index contributed by atoms with van der Waals surface area (Å²) in [5, 5.41) is 10.4. The molecule has 0 aromatic heterocycles. The van der Waals surface area contributed by atoms with Crippen LogP contribution in [0.4, 0.5) is 5.69 Å². The van der Waals surface area contributed by atoms with E-state index in [9.17, 15) is 10.1 Å². The Morgan fingerprint density at radius 2 is 1.93 bits per heavy atom. The Morgan fingerprint density at radius 1 is 1.40 bits per heavy atom. The molecule has 1 atom stereocenters. The quantitative estimate of drug-likeness (QED) is 0.372. The Kier molecular flexibility index (Phi) is 2.95. The van der Waals surface area contributed by atoms with Crippen LogP contribution in [0, 0.1) is 10.1 Å². The molecule has 0 spiro atoms. The van der Waals surface area contributed by atoms with E-state index < -0.39 is 9.26 Å². The van der Waals surface area contributed by atoms with Gasteiger partial charge in [0, 0.05) is 0 Å². The van der Waals surface area contributed by atoms with Crippen molar-refractivity contribution < 1.29 is 4.92 Å². The molecule has 6 heteroatoms. The van der Waals surface area contributed by atoms with E-state index in [4.69, 9.17) is 23.2 Å². The molecule has 1 saturated carbocycles. The molecule has 2 rings (SSSR count). The number of benzene rings is 1. The molecule has 0 saturated heterocycles. The molecule has 1 unspecified atom stereocenters. The molecule has 15 heavy (non-hydrogen) atoms. The van der Waals surface area contributed by atoms with Crippen molar-refractivity contribution in [3.8, 4) is 0 Å². The van der Waals surface area contributed by atoms with E-state index in [1.165, 1.54) is 12.1 Å². The molecular weight excluding hydrogens is 304 g/mol. The predicted octanol–water partition coefficient (Wildman–Crippen LogP) is 2.29. The van der Waals surface area contributed by atoms with E-state index in [1.807, 2.05) is 0 Å². The van der Waals surface area contributed by atoms with Crippen LogP contribution in [0.25, 0.3) is 0 Å². The van der Waals surface area contributed by atoms with Gasteiger partial charge in [-0.05, 0) is 0 Å². The van der Waals surface area contributed by atoms with Crippen molar-refractivity contribution in [3.05, 3.63) is 34.4 Å². The zero-order valence-electron chi connectivity index (χ0n) is 7.52. The van der Waals surface area contributed by atoms with Crippen LogP contribution >= 0.6 is 23.2 Å². The second-order valence-corrected chi connectivity index (χ2v) is 7.54. The molecule has 1 fully saturated rings. The summed E-state index contributed by atoms with van der Waals surface area (Å²) in [7, 11) is 0. The van der Waals surface area contributed by atoms with Gasteiger partial charge in [-0.25, -0.2) is 0 Å². The van der Waals surface area contributed by atoms with E-state index >= 15 is 0 Å². The SMILES string of the molecule is O=[N+]([O-])c1ccc([Se]C2CC2(Cl)Cl)cc1. The average molecular weight is 311 g/mol. The van der Waals surface area contributed by atoms with Crippen LogP contribution in [0.15, 0.2) is 24.3 Å². The third-order valence-electron chi connectivity index (χ3n) is 2.09. The van der Waals surface area contributed by atoms with Gasteiger partial charge in [0.1, 0.15) is 0 Å². The predicted molar refractivity (Wildman–Crippen MR) is 61.3 cm³/mol. The van der Waals surface area contributed by atoms with Gasteiger partial charge in [0.2, 0.25) is 0 Å². The summed E-state index contributed by atoms with van der Waals surface area (Å²) in [5.74, 6) is 0. The molecule has 1 aromatic carbocycles. The maximum absolute atomic E-state index is 10.4. The van der Waals surface area contributed by atoms with E-state index in [0.717, 1.165) is 10.9 Å². The molecule has 0 aliphatic heterocycles. The molecule has 1 aromatic rings. The number of nitrogens with zero attached hydrogens (tertiary/aromatic N) is 1. The fourth-order valence-electron chi connectivity index (χ4n) is 1.13. The van der Waals surface area contributed by atoms with Gasteiger partial charge in [-0.3, -0.25) is 0 Å². The fraction of sp³-hybridized carbons (Fsp3) is 0.333. The van der Waals surface area contributed by atoms with Crippen LogP contribution < -0.4 is 4.46 Å². The van der Waals surface area contributed by atoms with Crippen molar-refractivity contribution in [1.82, 2.24) is 0 Å². The summed E-state index contributed by atoms with van der Waals surface area (Å²) < 4.78 is 0.545. The maximum atomic E-state index is 10.4. The molecule has 0 radical (unpaired) electrons. The Labute approximate surface area is 103 Å². The molecule has 0 bridgehead atoms. The normalized spacial score (nSPS) is 22.4. The van der Waals surface area contributed by atoms with Crippen molar-refractivity contribution in [2.45, 2.75) is 15.6 Å². The van der Waals surface area contributed by atoms with E-state index in [2.05, 4.69) is 0 Å². The Bertz CT molecular complexity index is 394. The summed E-state index contributed by atoms with van der Waals surface area (Å²) in [5.41, 5.74) is 0.119. The van der Waals surface area contributed by atoms with E-state index in [-0.39, 0.29) is 20.6 Å². The first-order valence-corrected chi connectivity index (χ1v) is 6.88. The Balaban J connectivity index is 2.02. The molecule has 80 valence electrons. The summed E-state index contributed by atoms with van der Waals surface area (Å²) >= 11 is 12.0. The minimum absolute atomic E-state index is 0.119. The van der Waals surface area contributed by atoms with Gasteiger partial charge in [-0.2, -0.15) is 0 Å². The second kappa shape index (κ2) is 3.95. The summed E-state index contributed by atoms with van der Waals surface area (Å²) in [6, 6.07) is 6.59. The third-order valence-corrected chi connectivity index (χ3v) is 6.45. The fourth-order valence-corrected chi connectivity index (χ4v) is 4.71. The van der Waals surface area contributed by atoms with Gasteiger partial charge in [0.15, 0.2) is 0 Å². The van der Waals surface area contributed by atoms with Crippen LogP contribution in [0.3, 0.4) is 0 Å². The first-order chi connectivity index (χ1) is 6.99. The number of hydrogen-bond donors (Lipinski definition) is 0. The van der Waals surface area contributed by atoms with Crippen molar-refractivity contribution in [1.29, 1.82) is 0 Å². The zero-order valence-corrected chi connectivity index (χ0v) is 10.7.